The highest BCUT2D eigenvalue weighted by atomic mass is 16.4. The Kier molecular flexibility index (Phi) is 7.18. The van der Waals surface area contributed by atoms with Gasteiger partial charge < -0.3 is 20.2 Å². The highest BCUT2D eigenvalue weighted by Crippen LogP contribution is 2.32. The van der Waals surface area contributed by atoms with E-state index in [1.165, 1.54) is 11.3 Å². The first kappa shape index (κ1) is 23.3. The van der Waals surface area contributed by atoms with Crippen LogP contribution in [0.2, 0.25) is 0 Å². The van der Waals surface area contributed by atoms with Crippen LogP contribution in [0.25, 0.3) is 0 Å². The Balaban J connectivity index is 1.55. The molecule has 0 spiro atoms. The molecule has 3 rings (SSSR count). The number of nitrogens with one attached hydrogen (secondary N) is 1. The second kappa shape index (κ2) is 9.85. The number of carbonyl (C=O) groups excluding carboxylic acids is 2. The van der Waals surface area contributed by atoms with Crippen LogP contribution in [0, 0.1) is 0 Å². The molecule has 1 fully saturated rings. The van der Waals surface area contributed by atoms with Crippen LogP contribution >= 0.6 is 0 Å². The zero-order chi connectivity index (χ0) is 23.3. The van der Waals surface area contributed by atoms with E-state index in [2.05, 4.69) is 43.1 Å². The molecule has 2 amide bonds. The zero-order valence-electron chi connectivity index (χ0n) is 18.9. The van der Waals surface area contributed by atoms with E-state index in [0.29, 0.717) is 38.3 Å². The molecule has 1 saturated heterocycles. The number of nitrogens with zero attached hydrogens (tertiary/aromatic N) is 2. The van der Waals surface area contributed by atoms with E-state index in [4.69, 9.17) is 5.11 Å². The summed E-state index contributed by atoms with van der Waals surface area (Å²) in [5, 5.41) is 11.4. The Hall–Kier alpha value is -3.35. The van der Waals surface area contributed by atoms with Crippen LogP contribution in [0.5, 0.6) is 0 Å². The predicted octanol–water partition coefficient (Wildman–Crippen LogP) is 3.29. The third-order valence-corrected chi connectivity index (χ3v) is 5.65. The molecule has 0 bridgehead atoms. The van der Waals surface area contributed by atoms with Gasteiger partial charge in [-0.2, -0.15) is 0 Å². The fraction of sp³-hybridized carbons (Fsp3) is 0.400. The number of aryl methyl sites for hydroxylation is 1. The zero-order valence-corrected chi connectivity index (χ0v) is 18.9. The lowest BCUT2D eigenvalue weighted by Crippen LogP contribution is -2.52. The molecule has 32 heavy (non-hydrogen) atoms. The Bertz CT molecular complexity index is 971. The quantitative estimate of drug-likeness (QED) is 0.701. The lowest BCUT2D eigenvalue weighted by Gasteiger charge is -2.38. The summed E-state index contributed by atoms with van der Waals surface area (Å²) in [6.45, 7) is 8.88. The van der Waals surface area contributed by atoms with Gasteiger partial charge in [0.15, 0.2) is 0 Å². The van der Waals surface area contributed by atoms with Crippen LogP contribution in [0.15, 0.2) is 48.5 Å². The van der Waals surface area contributed by atoms with Crippen molar-refractivity contribution in [3.8, 4) is 0 Å². The van der Waals surface area contributed by atoms with Crippen molar-refractivity contribution in [1.82, 2.24) is 4.90 Å². The number of anilines is 2. The Morgan fingerprint density at radius 1 is 0.938 bits per heavy atom. The largest absolute Gasteiger partial charge is 0.481 e. The number of benzene rings is 2. The van der Waals surface area contributed by atoms with Crippen LogP contribution in [0.1, 0.15) is 38.3 Å². The SMILES string of the molecule is CC(C)(C)c1ccccc1N1CCN(C(=O)C(=O)Nc2ccc(CCC(=O)O)cc2)CC1. The highest BCUT2D eigenvalue weighted by Gasteiger charge is 2.28. The maximum Gasteiger partial charge on any atom is 0.313 e. The molecule has 7 heteroatoms. The lowest BCUT2D eigenvalue weighted by molar-refractivity contribution is -0.143. The summed E-state index contributed by atoms with van der Waals surface area (Å²) in [5.41, 5.74) is 3.85. The normalized spacial score (nSPS) is 14.2. The fourth-order valence-corrected chi connectivity index (χ4v) is 3.87. The maximum atomic E-state index is 12.6. The molecule has 7 nitrogen and oxygen atoms in total. The first-order valence-corrected chi connectivity index (χ1v) is 10.9. The summed E-state index contributed by atoms with van der Waals surface area (Å²) in [4.78, 5) is 39.6. The first-order chi connectivity index (χ1) is 15.1. The lowest BCUT2D eigenvalue weighted by atomic mass is 9.85. The molecule has 0 aromatic heterocycles. The summed E-state index contributed by atoms with van der Waals surface area (Å²) in [6.07, 6.45) is 0.474. The topological polar surface area (TPSA) is 90.0 Å². The molecule has 1 aliphatic rings. The number of piperazine rings is 1. The van der Waals surface area contributed by atoms with E-state index in [1.54, 1.807) is 29.2 Å². The van der Waals surface area contributed by atoms with Gasteiger partial charge in [-0.25, -0.2) is 0 Å². The van der Waals surface area contributed by atoms with Crippen molar-refractivity contribution in [2.75, 3.05) is 36.4 Å². The number of carbonyl (C=O) groups is 3. The Morgan fingerprint density at radius 2 is 1.56 bits per heavy atom. The van der Waals surface area contributed by atoms with Crippen LogP contribution in [0.3, 0.4) is 0 Å². The van der Waals surface area contributed by atoms with Crippen molar-refractivity contribution < 1.29 is 19.5 Å². The standard InChI is InChI=1S/C25H31N3O4/c1-25(2,3)20-6-4-5-7-21(20)27-14-16-28(17-15-27)24(32)23(31)26-19-11-8-18(9-12-19)10-13-22(29)30/h4-9,11-12H,10,13-17H2,1-3H3,(H,26,31)(H,29,30). The molecule has 0 atom stereocenters. The minimum Gasteiger partial charge on any atom is -0.481 e. The van der Waals surface area contributed by atoms with Gasteiger partial charge in [0.1, 0.15) is 0 Å². The van der Waals surface area contributed by atoms with Gasteiger partial charge in [0.05, 0.1) is 0 Å². The molecule has 0 unspecified atom stereocenters. The monoisotopic (exact) mass is 437 g/mol. The number of para-hydroxylation sites is 1. The number of rotatable bonds is 5. The Morgan fingerprint density at radius 3 is 2.16 bits per heavy atom. The van der Waals surface area contributed by atoms with Gasteiger partial charge >= 0.3 is 17.8 Å². The molecule has 0 saturated carbocycles. The summed E-state index contributed by atoms with van der Waals surface area (Å²) in [5.74, 6) is -2.05. The molecular weight excluding hydrogens is 406 g/mol. The van der Waals surface area contributed by atoms with Gasteiger partial charge in [-0.05, 0) is 41.2 Å². The number of hydrogen-bond acceptors (Lipinski definition) is 4. The summed E-state index contributed by atoms with van der Waals surface area (Å²) in [6, 6.07) is 15.2. The second-order valence-electron chi connectivity index (χ2n) is 9.09. The van der Waals surface area contributed by atoms with E-state index in [9.17, 15) is 14.4 Å². The van der Waals surface area contributed by atoms with Crippen molar-refractivity contribution in [3.63, 3.8) is 0 Å². The van der Waals surface area contributed by atoms with E-state index >= 15 is 0 Å². The van der Waals surface area contributed by atoms with Crippen molar-refractivity contribution in [2.45, 2.75) is 39.0 Å². The van der Waals surface area contributed by atoms with E-state index < -0.39 is 17.8 Å². The number of carboxylic acid groups (broad SMARTS) is 1. The van der Waals surface area contributed by atoms with Crippen molar-refractivity contribution in [1.29, 1.82) is 0 Å². The number of carboxylic acids is 1. The molecule has 2 N–H and O–H groups in total. The van der Waals surface area contributed by atoms with Crippen molar-refractivity contribution >= 4 is 29.2 Å². The fourth-order valence-electron chi connectivity index (χ4n) is 3.87. The summed E-state index contributed by atoms with van der Waals surface area (Å²) >= 11 is 0. The molecule has 1 aliphatic heterocycles. The van der Waals surface area contributed by atoms with Gasteiger partial charge in [0, 0.05) is 44.0 Å². The minimum absolute atomic E-state index is 0.0204. The van der Waals surface area contributed by atoms with Gasteiger partial charge in [-0.3, -0.25) is 14.4 Å². The van der Waals surface area contributed by atoms with Gasteiger partial charge in [-0.15, -0.1) is 0 Å². The maximum absolute atomic E-state index is 12.6. The van der Waals surface area contributed by atoms with Crippen molar-refractivity contribution in [2.24, 2.45) is 0 Å². The van der Waals surface area contributed by atoms with Crippen LogP contribution in [-0.2, 0) is 26.2 Å². The Labute approximate surface area is 189 Å². The molecule has 0 radical (unpaired) electrons. The minimum atomic E-state index is -0.852. The third kappa shape index (κ3) is 5.87. The van der Waals surface area contributed by atoms with Crippen LogP contribution in [-0.4, -0.2) is 54.0 Å². The highest BCUT2D eigenvalue weighted by molar-refractivity contribution is 6.39. The van der Waals surface area contributed by atoms with Gasteiger partial charge in [0.2, 0.25) is 0 Å². The van der Waals surface area contributed by atoms with E-state index in [-0.39, 0.29) is 11.8 Å². The molecule has 1 heterocycles. The summed E-state index contributed by atoms with van der Waals surface area (Å²) in [7, 11) is 0. The average molecular weight is 438 g/mol. The van der Waals surface area contributed by atoms with Crippen LogP contribution < -0.4 is 10.2 Å². The number of hydrogen-bond donors (Lipinski definition) is 2. The number of amides is 2. The molecule has 170 valence electrons. The molecule has 0 aliphatic carbocycles. The average Bonchev–Trinajstić information content (AvgIpc) is 2.77. The second-order valence-corrected chi connectivity index (χ2v) is 9.09. The van der Waals surface area contributed by atoms with E-state index in [1.807, 2.05) is 12.1 Å². The summed E-state index contributed by atoms with van der Waals surface area (Å²) < 4.78 is 0. The van der Waals surface area contributed by atoms with Crippen molar-refractivity contribution in [3.05, 3.63) is 59.7 Å². The number of aliphatic carboxylic acids is 1. The smallest absolute Gasteiger partial charge is 0.313 e. The third-order valence-electron chi connectivity index (χ3n) is 5.65. The predicted molar refractivity (Wildman–Crippen MR) is 125 cm³/mol. The molecule has 2 aromatic carbocycles. The first-order valence-electron chi connectivity index (χ1n) is 10.9. The van der Waals surface area contributed by atoms with Gasteiger partial charge in [-0.1, -0.05) is 51.1 Å². The van der Waals surface area contributed by atoms with Gasteiger partial charge in [0.25, 0.3) is 0 Å². The molecular formula is C25H31N3O4. The van der Waals surface area contributed by atoms with Crippen LogP contribution in [0.4, 0.5) is 11.4 Å². The molecule has 2 aromatic rings. The van der Waals surface area contributed by atoms with E-state index in [0.717, 1.165) is 5.56 Å².